The first-order chi connectivity index (χ1) is 13.8. The number of para-hydroxylation sites is 1. The highest BCUT2D eigenvalue weighted by molar-refractivity contribution is 7.89. The first-order valence-corrected chi connectivity index (χ1v) is 10.9. The number of hydrogen-bond donors (Lipinski definition) is 1. The first kappa shape index (κ1) is 19.3. The number of furan rings is 1. The number of aromatic nitrogens is 1. The van der Waals surface area contributed by atoms with Gasteiger partial charge < -0.3 is 9.73 Å². The molecule has 0 aliphatic rings. The van der Waals surface area contributed by atoms with Gasteiger partial charge in [-0.2, -0.15) is 0 Å². The summed E-state index contributed by atoms with van der Waals surface area (Å²) in [6.07, 6.45) is 0. The summed E-state index contributed by atoms with van der Waals surface area (Å²) in [5.74, 6) is 0.136. The van der Waals surface area contributed by atoms with Crippen molar-refractivity contribution in [2.45, 2.75) is 4.90 Å². The summed E-state index contributed by atoms with van der Waals surface area (Å²) < 4.78 is 32.4. The molecule has 2 heterocycles. The lowest BCUT2D eigenvalue weighted by Gasteiger charge is -2.12. The Morgan fingerprint density at radius 3 is 2.62 bits per heavy atom. The average Bonchev–Trinajstić information content (AvgIpc) is 3.35. The zero-order chi connectivity index (χ0) is 20.6. The summed E-state index contributed by atoms with van der Waals surface area (Å²) in [4.78, 5) is 17.2. The van der Waals surface area contributed by atoms with E-state index in [0.29, 0.717) is 16.5 Å². The van der Waals surface area contributed by atoms with Gasteiger partial charge in [0.2, 0.25) is 10.0 Å². The van der Waals surface area contributed by atoms with Gasteiger partial charge in [-0.3, -0.25) is 4.79 Å². The lowest BCUT2D eigenvalue weighted by molar-refractivity contribution is 0.0997. The van der Waals surface area contributed by atoms with Crippen molar-refractivity contribution < 1.29 is 17.6 Å². The van der Waals surface area contributed by atoms with Crippen LogP contribution in [0.25, 0.3) is 21.0 Å². The molecule has 0 saturated heterocycles. The number of rotatable bonds is 5. The fourth-order valence-electron chi connectivity index (χ4n) is 2.69. The zero-order valence-corrected chi connectivity index (χ0v) is 17.3. The Morgan fingerprint density at radius 2 is 1.86 bits per heavy atom. The Bertz CT molecular complexity index is 1270. The maximum Gasteiger partial charge on any atom is 0.291 e. The normalized spacial score (nSPS) is 11.8. The molecule has 9 heteroatoms. The predicted octanol–water partition coefficient (Wildman–Crippen LogP) is 4.06. The largest absolute Gasteiger partial charge is 0.448 e. The molecule has 0 saturated carbocycles. The quantitative estimate of drug-likeness (QED) is 0.519. The van der Waals surface area contributed by atoms with Crippen LogP contribution in [-0.4, -0.2) is 37.7 Å². The molecule has 0 unspecified atom stereocenters. The van der Waals surface area contributed by atoms with Crippen molar-refractivity contribution >= 4 is 43.2 Å². The smallest absolute Gasteiger partial charge is 0.291 e. The highest BCUT2D eigenvalue weighted by atomic mass is 32.2. The molecular formula is C20H17N3O4S2. The lowest BCUT2D eigenvalue weighted by atomic mass is 10.3. The van der Waals surface area contributed by atoms with E-state index in [4.69, 9.17) is 4.42 Å². The number of carbonyl (C=O) groups excluding carboxylic acids is 1. The topological polar surface area (TPSA) is 92.5 Å². The van der Waals surface area contributed by atoms with Crippen LogP contribution in [0.2, 0.25) is 0 Å². The van der Waals surface area contributed by atoms with E-state index in [9.17, 15) is 13.2 Å². The number of nitrogens with zero attached hydrogens (tertiary/aromatic N) is 2. The molecule has 0 aliphatic carbocycles. The maximum absolute atomic E-state index is 12.5. The molecule has 0 spiro atoms. The van der Waals surface area contributed by atoms with Crippen molar-refractivity contribution in [1.82, 2.24) is 9.29 Å². The Balaban J connectivity index is 1.56. The van der Waals surface area contributed by atoms with Gasteiger partial charge >= 0.3 is 0 Å². The standard InChI is InChI=1S/C20H17N3O4S2/c1-23(2)29(25,26)14-7-5-6-13(12-14)21-19(24)16-10-11-17(27-16)20-22-15-8-3-4-9-18(15)28-20/h3-12H,1-2H3,(H,21,24). The summed E-state index contributed by atoms with van der Waals surface area (Å²) in [5, 5.41) is 3.35. The molecule has 29 heavy (non-hydrogen) atoms. The zero-order valence-electron chi connectivity index (χ0n) is 15.6. The van der Waals surface area contributed by atoms with Crippen LogP contribution in [0.1, 0.15) is 10.6 Å². The van der Waals surface area contributed by atoms with Crippen molar-refractivity contribution in [3.63, 3.8) is 0 Å². The molecule has 0 atom stereocenters. The number of anilines is 1. The molecule has 1 amide bonds. The summed E-state index contributed by atoms with van der Waals surface area (Å²) in [6.45, 7) is 0. The molecule has 0 radical (unpaired) electrons. The third-order valence-corrected chi connectivity index (χ3v) is 7.07. The minimum atomic E-state index is -3.59. The summed E-state index contributed by atoms with van der Waals surface area (Å²) in [7, 11) is -0.690. The molecule has 0 fully saturated rings. The van der Waals surface area contributed by atoms with E-state index >= 15 is 0 Å². The molecule has 4 rings (SSSR count). The summed E-state index contributed by atoms with van der Waals surface area (Å²) in [6, 6.07) is 17.1. The van der Waals surface area contributed by atoms with Gasteiger partial charge in [0.05, 0.1) is 15.1 Å². The van der Waals surface area contributed by atoms with Crippen molar-refractivity contribution in [2.75, 3.05) is 19.4 Å². The highest BCUT2D eigenvalue weighted by Gasteiger charge is 2.19. The van der Waals surface area contributed by atoms with Gasteiger partial charge in [0.15, 0.2) is 16.5 Å². The number of thiazole rings is 1. The van der Waals surface area contributed by atoms with Crippen molar-refractivity contribution in [3.8, 4) is 10.8 Å². The molecule has 2 aromatic carbocycles. The fraction of sp³-hybridized carbons (Fsp3) is 0.100. The molecular weight excluding hydrogens is 410 g/mol. The van der Waals surface area contributed by atoms with Crippen LogP contribution in [0.15, 0.2) is 70.0 Å². The van der Waals surface area contributed by atoms with Gasteiger partial charge in [0.1, 0.15) is 0 Å². The molecule has 4 aromatic rings. The lowest BCUT2D eigenvalue weighted by Crippen LogP contribution is -2.22. The second-order valence-corrected chi connectivity index (χ2v) is 9.60. The molecule has 2 aromatic heterocycles. The van der Waals surface area contributed by atoms with Gasteiger partial charge in [0.25, 0.3) is 5.91 Å². The Hall–Kier alpha value is -3.01. The van der Waals surface area contributed by atoms with Crippen molar-refractivity contribution in [1.29, 1.82) is 0 Å². The van der Waals surface area contributed by atoms with Gasteiger partial charge in [-0.05, 0) is 42.5 Å². The third-order valence-electron chi connectivity index (χ3n) is 4.20. The fourth-order valence-corrected chi connectivity index (χ4v) is 4.57. The first-order valence-electron chi connectivity index (χ1n) is 8.64. The summed E-state index contributed by atoms with van der Waals surface area (Å²) >= 11 is 1.48. The Labute approximate surface area is 171 Å². The van der Waals surface area contributed by atoms with E-state index in [1.165, 1.54) is 37.6 Å². The molecule has 0 bridgehead atoms. The van der Waals surface area contributed by atoms with E-state index in [2.05, 4.69) is 10.3 Å². The van der Waals surface area contributed by atoms with Crippen LogP contribution in [0.4, 0.5) is 5.69 Å². The van der Waals surface area contributed by atoms with Gasteiger partial charge in [0, 0.05) is 19.8 Å². The minimum absolute atomic E-state index is 0.0925. The predicted molar refractivity (Wildman–Crippen MR) is 113 cm³/mol. The van der Waals surface area contributed by atoms with Crippen LogP contribution in [0.5, 0.6) is 0 Å². The molecule has 0 aliphatic heterocycles. The number of fused-ring (bicyclic) bond motifs is 1. The number of hydrogen-bond acceptors (Lipinski definition) is 6. The van der Waals surface area contributed by atoms with Gasteiger partial charge in [-0.15, -0.1) is 11.3 Å². The number of sulfonamides is 1. The van der Waals surface area contributed by atoms with E-state index < -0.39 is 15.9 Å². The van der Waals surface area contributed by atoms with E-state index in [1.807, 2.05) is 24.3 Å². The van der Waals surface area contributed by atoms with Crippen LogP contribution in [0, 0.1) is 0 Å². The highest BCUT2D eigenvalue weighted by Crippen LogP contribution is 2.31. The van der Waals surface area contributed by atoms with Crippen LogP contribution >= 0.6 is 11.3 Å². The van der Waals surface area contributed by atoms with Gasteiger partial charge in [-0.25, -0.2) is 17.7 Å². The molecule has 7 nitrogen and oxygen atoms in total. The number of carbonyl (C=O) groups is 1. The number of amides is 1. The van der Waals surface area contributed by atoms with Crippen molar-refractivity contribution in [2.24, 2.45) is 0 Å². The maximum atomic E-state index is 12.5. The summed E-state index contributed by atoms with van der Waals surface area (Å²) in [5.41, 5.74) is 1.23. The van der Waals surface area contributed by atoms with E-state index in [0.717, 1.165) is 14.5 Å². The van der Waals surface area contributed by atoms with Crippen molar-refractivity contribution in [3.05, 3.63) is 66.4 Å². The third kappa shape index (κ3) is 3.80. The monoisotopic (exact) mass is 427 g/mol. The van der Waals surface area contributed by atoms with Gasteiger partial charge in [-0.1, -0.05) is 18.2 Å². The Morgan fingerprint density at radius 1 is 1.07 bits per heavy atom. The average molecular weight is 428 g/mol. The second kappa shape index (κ2) is 7.43. The van der Waals surface area contributed by atoms with E-state index in [1.54, 1.807) is 24.3 Å². The van der Waals surface area contributed by atoms with Crippen LogP contribution < -0.4 is 5.32 Å². The number of nitrogens with one attached hydrogen (secondary N) is 1. The Kier molecular flexibility index (Phi) is 4.95. The van der Waals surface area contributed by atoms with Crippen LogP contribution in [0.3, 0.4) is 0 Å². The second-order valence-electron chi connectivity index (χ2n) is 6.42. The van der Waals surface area contributed by atoms with Crippen LogP contribution in [-0.2, 0) is 10.0 Å². The molecule has 1 N–H and O–H groups in total. The number of benzene rings is 2. The SMILES string of the molecule is CN(C)S(=O)(=O)c1cccc(NC(=O)c2ccc(-c3nc4ccccc4s3)o2)c1. The minimum Gasteiger partial charge on any atom is -0.448 e. The molecule has 148 valence electrons. The van der Waals surface area contributed by atoms with E-state index in [-0.39, 0.29) is 10.7 Å².